The standard InChI is InChI=1S/C23H20N6O5S/c1-17-7-13-21(14-8-17)35(32,33)34-25-22(19-5-3-2-4-6-19)15-23-24-26-27-28(23)16-18-9-11-20(12-10-18)29(30)31/h2-14H,15-16H2,1H3/b25-22+. The third kappa shape index (κ3) is 5.92. The summed E-state index contributed by atoms with van der Waals surface area (Å²) in [4.78, 5) is 10.4. The van der Waals surface area contributed by atoms with Crippen molar-refractivity contribution in [1.29, 1.82) is 0 Å². The number of benzene rings is 3. The van der Waals surface area contributed by atoms with Crippen LogP contribution < -0.4 is 0 Å². The number of hydrogen-bond acceptors (Lipinski definition) is 9. The first-order chi connectivity index (χ1) is 16.8. The Labute approximate surface area is 200 Å². The number of nitro groups is 1. The van der Waals surface area contributed by atoms with Gasteiger partial charge in [0.1, 0.15) is 4.90 Å². The van der Waals surface area contributed by atoms with Crippen molar-refractivity contribution < 1.29 is 17.6 Å². The molecule has 1 aromatic heterocycles. The van der Waals surface area contributed by atoms with Crippen LogP contribution in [0.2, 0.25) is 0 Å². The molecule has 0 aliphatic rings. The SMILES string of the molecule is Cc1ccc(S(=O)(=O)O/N=C(\Cc2nnnn2Cc2ccc([N+](=O)[O-])cc2)c2ccccc2)cc1. The Morgan fingerprint density at radius 2 is 1.71 bits per heavy atom. The first kappa shape index (κ1) is 23.7. The molecule has 4 aromatic rings. The van der Waals surface area contributed by atoms with E-state index in [1.165, 1.54) is 28.9 Å². The van der Waals surface area contributed by atoms with Crippen molar-refractivity contribution in [2.75, 3.05) is 0 Å². The molecule has 0 N–H and O–H groups in total. The molecule has 0 radical (unpaired) electrons. The summed E-state index contributed by atoms with van der Waals surface area (Å²) in [7, 11) is -4.13. The minimum Gasteiger partial charge on any atom is -0.264 e. The highest BCUT2D eigenvalue weighted by molar-refractivity contribution is 7.86. The van der Waals surface area contributed by atoms with Gasteiger partial charge < -0.3 is 0 Å². The van der Waals surface area contributed by atoms with Crippen LogP contribution in [0.1, 0.15) is 22.5 Å². The smallest absolute Gasteiger partial charge is 0.264 e. The molecule has 4 rings (SSSR count). The molecule has 1 heterocycles. The van der Waals surface area contributed by atoms with E-state index >= 15 is 0 Å². The molecule has 0 aliphatic heterocycles. The molecular weight excluding hydrogens is 472 g/mol. The third-order valence-electron chi connectivity index (χ3n) is 5.07. The van der Waals surface area contributed by atoms with E-state index in [0.29, 0.717) is 17.1 Å². The van der Waals surface area contributed by atoms with Gasteiger partial charge in [0, 0.05) is 12.1 Å². The Morgan fingerprint density at radius 1 is 1.03 bits per heavy atom. The van der Waals surface area contributed by atoms with E-state index in [1.807, 2.05) is 13.0 Å². The fourth-order valence-corrected chi connectivity index (χ4v) is 3.92. The van der Waals surface area contributed by atoms with E-state index in [-0.39, 0.29) is 23.5 Å². The number of nitro benzene ring substituents is 1. The zero-order valence-corrected chi connectivity index (χ0v) is 19.4. The van der Waals surface area contributed by atoms with Crippen molar-refractivity contribution in [2.45, 2.75) is 24.8 Å². The molecule has 178 valence electrons. The molecular formula is C23H20N6O5S. The first-order valence-corrected chi connectivity index (χ1v) is 11.8. The summed E-state index contributed by atoms with van der Waals surface area (Å²) in [5.41, 5.74) is 2.59. The van der Waals surface area contributed by atoms with Crippen LogP contribution in [0, 0.1) is 17.0 Å². The van der Waals surface area contributed by atoms with Crippen molar-refractivity contribution >= 4 is 21.5 Å². The lowest BCUT2D eigenvalue weighted by atomic mass is 10.1. The molecule has 0 saturated carbocycles. The minimum atomic E-state index is -4.13. The second-order valence-electron chi connectivity index (χ2n) is 7.60. The number of hydrogen-bond donors (Lipinski definition) is 0. The van der Waals surface area contributed by atoms with Crippen LogP contribution in [0.25, 0.3) is 0 Å². The fraction of sp³-hybridized carbons (Fsp3) is 0.130. The van der Waals surface area contributed by atoms with Gasteiger partial charge in [-0.2, -0.15) is 8.42 Å². The number of non-ortho nitro benzene ring substituents is 1. The summed E-state index contributed by atoms with van der Waals surface area (Å²) in [6, 6.07) is 21.2. The highest BCUT2D eigenvalue weighted by atomic mass is 32.2. The first-order valence-electron chi connectivity index (χ1n) is 10.4. The summed E-state index contributed by atoms with van der Waals surface area (Å²) in [5, 5.41) is 26.6. The Hall–Kier alpha value is -4.45. The van der Waals surface area contributed by atoms with Crippen molar-refractivity contribution in [3.63, 3.8) is 0 Å². The van der Waals surface area contributed by atoms with Crippen LogP contribution in [0.15, 0.2) is 88.9 Å². The van der Waals surface area contributed by atoms with Gasteiger partial charge in [-0.3, -0.25) is 14.4 Å². The lowest BCUT2D eigenvalue weighted by molar-refractivity contribution is -0.384. The van der Waals surface area contributed by atoms with Crippen molar-refractivity contribution in [2.24, 2.45) is 5.16 Å². The molecule has 0 aliphatic carbocycles. The largest absolute Gasteiger partial charge is 0.358 e. The molecule has 0 atom stereocenters. The summed E-state index contributed by atoms with van der Waals surface area (Å²) in [6.45, 7) is 2.11. The van der Waals surface area contributed by atoms with Crippen LogP contribution in [-0.2, 0) is 27.4 Å². The number of nitrogens with zero attached hydrogens (tertiary/aromatic N) is 6. The van der Waals surface area contributed by atoms with E-state index < -0.39 is 15.0 Å². The Morgan fingerprint density at radius 3 is 2.37 bits per heavy atom. The van der Waals surface area contributed by atoms with E-state index in [2.05, 4.69) is 20.7 Å². The van der Waals surface area contributed by atoms with Gasteiger partial charge in [0.25, 0.3) is 5.69 Å². The maximum atomic E-state index is 12.6. The monoisotopic (exact) mass is 492 g/mol. The Balaban J connectivity index is 1.59. The molecule has 11 nitrogen and oxygen atoms in total. The van der Waals surface area contributed by atoms with Gasteiger partial charge in [-0.1, -0.05) is 65.3 Å². The van der Waals surface area contributed by atoms with Crippen LogP contribution >= 0.6 is 0 Å². The summed E-state index contributed by atoms with van der Waals surface area (Å²) in [6.07, 6.45) is 0.0768. The van der Waals surface area contributed by atoms with Gasteiger partial charge >= 0.3 is 10.1 Å². The topological polar surface area (TPSA) is 142 Å². The number of aryl methyl sites for hydroxylation is 1. The van der Waals surface area contributed by atoms with E-state index in [9.17, 15) is 18.5 Å². The zero-order chi connectivity index (χ0) is 24.8. The summed E-state index contributed by atoms with van der Waals surface area (Å²) in [5.74, 6) is 0.405. The lowest BCUT2D eigenvalue weighted by Gasteiger charge is -2.09. The van der Waals surface area contributed by atoms with Gasteiger partial charge in [-0.15, -0.1) is 5.10 Å². The Kier molecular flexibility index (Phi) is 6.92. The maximum Gasteiger partial charge on any atom is 0.358 e. The molecule has 0 fully saturated rings. The molecule has 3 aromatic carbocycles. The van der Waals surface area contributed by atoms with E-state index in [1.54, 1.807) is 48.5 Å². The molecule has 12 heteroatoms. The second kappa shape index (κ2) is 10.2. The average Bonchev–Trinajstić information content (AvgIpc) is 3.29. The molecule has 0 spiro atoms. The molecule has 35 heavy (non-hydrogen) atoms. The van der Waals surface area contributed by atoms with Gasteiger partial charge in [0.05, 0.1) is 23.6 Å². The quantitative estimate of drug-likeness (QED) is 0.197. The lowest BCUT2D eigenvalue weighted by Crippen LogP contribution is -2.14. The molecule has 0 bridgehead atoms. The maximum absolute atomic E-state index is 12.6. The number of oxime groups is 1. The van der Waals surface area contributed by atoms with E-state index in [0.717, 1.165) is 11.1 Å². The van der Waals surface area contributed by atoms with Crippen molar-refractivity contribution in [1.82, 2.24) is 20.2 Å². The van der Waals surface area contributed by atoms with E-state index in [4.69, 9.17) is 4.28 Å². The van der Waals surface area contributed by atoms with Gasteiger partial charge in [0.2, 0.25) is 0 Å². The van der Waals surface area contributed by atoms with Crippen LogP contribution in [0.4, 0.5) is 5.69 Å². The predicted octanol–water partition coefficient (Wildman–Crippen LogP) is 3.29. The molecule has 0 unspecified atom stereocenters. The summed E-state index contributed by atoms with van der Waals surface area (Å²) >= 11 is 0. The zero-order valence-electron chi connectivity index (χ0n) is 18.6. The number of rotatable bonds is 9. The molecule has 0 amide bonds. The Bertz CT molecular complexity index is 1450. The highest BCUT2D eigenvalue weighted by Gasteiger charge is 2.18. The minimum absolute atomic E-state index is 0.0118. The summed E-state index contributed by atoms with van der Waals surface area (Å²) < 4.78 is 31.8. The van der Waals surface area contributed by atoms with Crippen molar-refractivity contribution in [3.05, 3.63) is 111 Å². The van der Waals surface area contributed by atoms with Crippen molar-refractivity contribution in [3.8, 4) is 0 Å². The van der Waals surface area contributed by atoms with Gasteiger partial charge in [-0.25, -0.2) is 4.68 Å². The predicted molar refractivity (Wildman–Crippen MR) is 126 cm³/mol. The van der Waals surface area contributed by atoms with Gasteiger partial charge in [-0.05, 0) is 40.6 Å². The van der Waals surface area contributed by atoms with Gasteiger partial charge in [0.15, 0.2) is 5.82 Å². The van der Waals surface area contributed by atoms with Crippen LogP contribution in [0.3, 0.4) is 0 Å². The average molecular weight is 493 g/mol. The highest BCUT2D eigenvalue weighted by Crippen LogP contribution is 2.16. The fourth-order valence-electron chi connectivity index (χ4n) is 3.18. The second-order valence-corrected chi connectivity index (χ2v) is 9.13. The number of aromatic nitrogens is 4. The third-order valence-corrected chi connectivity index (χ3v) is 6.19. The number of tetrazole rings is 1. The normalized spacial score (nSPS) is 11.9. The van der Waals surface area contributed by atoms with Crippen LogP contribution in [-0.4, -0.2) is 39.3 Å². The van der Waals surface area contributed by atoms with Crippen LogP contribution in [0.5, 0.6) is 0 Å². The molecule has 0 saturated heterocycles.